The summed E-state index contributed by atoms with van der Waals surface area (Å²) in [6.45, 7) is -8.11. The van der Waals surface area contributed by atoms with Crippen molar-refractivity contribution >= 4 is 22.5 Å². The summed E-state index contributed by atoms with van der Waals surface area (Å²) in [5.74, 6) is 0. The van der Waals surface area contributed by atoms with E-state index in [0.717, 1.165) is 0 Å². The quantitative estimate of drug-likeness (QED) is 0.242. The number of hydrogen-bond acceptors (Lipinski definition) is 8. The van der Waals surface area contributed by atoms with Crippen LogP contribution in [0.2, 0.25) is 0 Å². The van der Waals surface area contributed by atoms with E-state index in [-0.39, 0.29) is 0 Å². The fourth-order valence-corrected chi connectivity index (χ4v) is 3.34. The maximum atomic E-state index is 13.1. The number of hydrogen-bond donors (Lipinski definition) is 0. The van der Waals surface area contributed by atoms with Crippen LogP contribution in [0.3, 0.4) is 0 Å². The van der Waals surface area contributed by atoms with Crippen LogP contribution in [-0.2, 0) is 22.5 Å². The van der Waals surface area contributed by atoms with Gasteiger partial charge in [-0.1, -0.05) is 35.9 Å². The largest absolute Gasteiger partial charge is 0.760 e. The Labute approximate surface area is 144 Å². The molecule has 0 aromatic rings. The van der Waals surface area contributed by atoms with Gasteiger partial charge in [-0.2, -0.15) is 0 Å². The van der Waals surface area contributed by atoms with Gasteiger partial charge in [0.1, 0.15) is 0 Å². The maximum Gasteiger partial charge on any atom is 0.222 e. The Morgan fingerprint density at radius 1 is 0.615 bits per heavy atom. The Morgan fingerprint density at radius 3 is 0.923 bits per heavy atom. The Bertz CT molecular complexity index is 467. The monoisotopic (exact) mass is 444 g/mol. The highest BCUT2D eigenvalue weighted by atomic mass is 32.2. The molecule has 0 spiro atoms. The van der Waals surface area contributed by atoms with Crippen molar-refractivity contribution in [3.05, 3.63) is 0 Å². The van der Waals surface area contributed by atoms with E-state index in [1.807, 2.05) is 0 Å². The minimum absolute atomic E-state index is 0.540. The van der Waals surface area contributed by atoms with Gasteiger partial charge in [0.2, 0.25) is 11.3 Å². The van der Waals surface area contributed by atoms with Gasteiger partial charge in [0.15, 0.2) is 0 Å². The Morgan fingerprint density at radius 2 is 0.808 bits per heavy atom. The summed E-state index contributed by atoms with van der Waals surface area (Å²) < 4.78 is 148. The molecular formula is C6H8F8N6O4S2-2. The fraction of sp³-hybridized carbons (Fsp3) is 1.00. The van der Waals surface area contributed by atoms with Crippen molar-refractivity contribution in [2.75, 3.05) is 26.2 Å². The molecule has 0 aromatic carbocycles. The number of halogens is 8. The fourth-order valence-electron chi connectivity index (χ4n) is 2.09. The first kappa shape index (κ1) is 23.5. The molecule has 1 rings (SSSR count). The lowest BCUT2D eigenvalue weighted by molar-refractivity contribution is -0.394. The van der Waals surface area contributed by atoms with Crippen LogP contribution in [0.4, 0.5) is 35.9 Å². The van der Waals surface area contributed by atoms with Crippen LogP contribution in [-0.4, -0.2) is 85.0 Å². The van der Waals surface area contributed by atoms with Crippen molar-refractivity contribution in [1.29, 1.82) is 0 Å². The molecule has 1 fully saturated rings. The Hall–Kier alpha value is -0.580. The van der Waals surface area contributed by atoms with E-state index in [2.05, 4.69) is 0 Å². The molecule has 1 aliphatic rings. The molecule has 20 heteroatoms. The van der Waals surface area contributed by atoms with Gasteiger partial charge in [-0.25, -0.2) is 8.61 Å². The third-order valence-electron chi connectivity index (χ3n) is 3.40. The van der Waals surface area contributed by atoms with Crippen LogP contribution in [0.5, 0.6) is 0 Å². The Balaban J connectivity index is 3.55. The summed E-state index contributed by atoms with van der Waals surface area (Å²) in [6, 6.07) is 0. The molecule has 26 heavy (non-hydrogen) atoms. The predicted octanol–water partition coefficient (Wildman–Crippen LogP) is -0.131. The molecule has 0 bridgehead atoms. The van der Waals surface area contributed by atoms with Crippen LogP contribution in [0.15, 0.2) is 0 Å². The first-order valence-electron chi connectivity index (χ1n) is 5.96. The third kappa shape index (κ3) is 4.45. The van der Waals surface area contributed by atoms with E-state index in [9.17, 15) is 53.4 Å². The van der Waals surface area contributed by atoms with Gasteiger partial charge in [0.05, 0.1) is 26.2 Å². The molecule has 2 unspecified atom stereocenters. The molecule has 0 saturated carbocycles. The van der Waals surface area contributed by atoms with E-state index in [1.54, 1.807) is 0 Å². The minimum atomic E-state index is -3.96. The smallest absolute Gasteiger partial charge is 0.222 e. The van der Waals surface area contributed by atoms with Gasteiger partial charge in [0.25, 0.3) is 0 Å². The average molecular weight is 444 g/mol. The minimum Gasteiger partial charge on any atom is -0.760 e. The van der Waals surface area contributed by atoms with E-state index >= 15 is 0 Å². The molecule has 1 heterocycles. The molecule has 0 radical (unpaired) electrons. The zero-order chi connectivity index (χ0) is 20.4. The molecule has 0 amide bonds. The van der Waals surface area contributed by atoms with E-state index < -0.39 is 90.0 Å². The van der Waals surface area contributed by atoms with Gasteiger partial charge in [-0.3, -0.25) is 8.42 Å². The van der Waals surface area contributed by atoms with Crippen molar-refractivity contribution in [2.45, 2.75) is 11.3 Å². The highest BCUT2D eigenvalue weighted by Gasteiger charge is 2.58. The first-order valence-corrected chi connectivity index (χ1v) is 8.02. The second kappa shape index (κ2) is 8.62. The van der Waals surface area contributed by atoms with Gasteiger partial charge in [0, 0.05) is 43.9 Å². The highest BCUT2D eigenvalue weighted by molar-refractivity contribution is 7.76. The topological polar surface area (TPSA) is 99.7 Å². The van der Waals surface area contributed by atoms with Crippen molar-refractivity contribution in [3.8, 4) is 0 Å². The van der Waals surface area contributed by atoms with Gasteiger partial charge in [-0.15, -0.1) is 0 Å². The Kier molecular flexibility index (Phi) is 7.78. The van der Waals surface area contributed by atoms with Crippen LogP contribution in [0, 0.1) is 0 Å². The standard InChI is InChI=1S/C6H10F8N6O4S2/c7-17(8)5(18(9)10)1-15(25(21)22)3-6(19(11)12,20(13)14)4-16(2-5)26(23)24/h1-4H2,(H,21,22)(H,23,24)/p-2. The molecule has 0 aliphatic carbocycles. The summed E-state index contributed by atoms with van der Waals surface area (Å²) in [6.07, 6.45) is 0. The van der Waals surface area contributed by atoms with Gasteiger partial charge in [-0.05, 0) is 0 Å². The zero-order valence-corrected chi connectivity index (χ0v) is 13.6. The summed E-state index contributed by atoms with van der Waals surface area (Å²) in [5, 5.41) is -9.04. The summed E-state index contributed by atoms with van der Waals surface area (Å²) >= 11 is -7.56. The molecule has 156 valence electrons. The zero-order valence-electron chi connectivity index (χ0n) is 12.0. The highest BCUT2D eigenvalue weighted by Crippen LogP contribution is 2.34. The molecule has 1 saturated heterocycles. The van der Waals surface area contributed by atoms with Crippen molar-refractivity contribution < 1.29 is 53.4 Å². The summed E-state index contributed by atoms with van der Waals surface area (Å²) in [7, 11) is 0. The summed E-state index contributed by atoms with van der Waals surface area (Å²) in [4.78, 5) is 0. The molecule has 2 atom stereocenters. The molecule has 0 aromatic heterocycles. The van der Waals surface area contributed by atoms with E-state index in [1.165, 1.54) is 0 Å². The normalized spacial score (nSPS) is 24.8. The number of rotatable bonds is 6. The first-order chi connectivity index (χ1) is 11.8. The second-order valence-corrected chi connectivity index (χ2v) is 6.83. The van der Waals surface area contributed by atoms with Crippen LogP contribution < -0.4 is 0 Å². The van der Waals surface area contributed by atoms with Crippen molar-refractivity contribution in [1.82, 2.24) is 30.0 Å². The number of nitrogens with zero attached hydrogens (tertiary/aromatic N) is 6. The lowest BCUT2D eigenvalue weighted by Crippen LogP contribution is -2.71. The van der Waals surface area contributed by atoms with Crippen molar-refractivity contribution in [3.63, 3.8) is 0 Å². The summed E-state index contributed by atoms with van der Waals surface area (Å²) in [5.41, 5.74) is -7.91. The molecule has 10 nitrogen and oxygen atoms in total. The second-order valence-electron chi connectivity index (χ2n) is 4.93. The lowest BCUT2D eigenvalue weighted by Gasteiger charge is -2.47. The lowest BCUT2D eigenvalue weighted by atomic mass is 10.1. The van der Waals surface area contributed by atoms with Crippen molar-refractivity contribution in [2.24, 2.45) is 0 Å². The van der Waals surface area contributed by atoms with Gasteiger partial charge >= 0.3 is 0 Å². The van der Waals surface area contributed by atoms with Crippen LogP contribution in [0.1, 0.15) is 0 Å². The average Bonchev–Trinajstić information content (AvgIpc) is 2.45. The third-order valence-corrected chi connectivity index (χ3v) is 4.76. The SMILES string of the molecule is O=S([O-])N1CC(N(F)F)(N(F)F)CN(S(=O)[O-])CC(N(F)F)(N(F)F)C1. The van der Waals surface area contributed by atoms with E-state index in [4.69, 9.17) is 0 Å². The maximum absolute atomic E-state index is 13.1. The molecule has 1 aliphatic heterocycles. The predicted molar refractivity (Wildman–Crippen MR) is 62.7 cm³/mol. The van der Waals surface area contributed by atoms with E-state index in [0.29, 0.717) is 0 Å². The molecular weight excluding hydrogens is 436 g/mol. The van der Waals surface area contributed by atoms with Crippen LogP contribution in [0.25, 0.3) is 0 Å². The van der Waals surface area contributed by atoms with Gasteiger partial charge < -0.3 is 9.11 Å². The molecule has 0 N–H and O–H groups in total. The van der Waals surface area contributed by atoms with Crippen LogP contribution >= 0.6 is 0 Å².